The minimum absolute atomic E-state index is 0.120. The highest BCUT2D eigenvalue weighted by Gasteiger charge is 2.33. The van der Waals surface area contributed by atoms with Crippen LogP contribution in [0.2, 0.25) is 0 Å². The number of hydrogen-bond donors (Lipinski definition) is 1. The standard InChI is InChI=1S/C12H12N2O3S2/c13-12(15)11-10(14-6-3-7-19(14,16)17)8-4-1-2-5-9(8)18-11/h1-2,4-5H,3,6-7H2,(H2,13,15). The van der Waals surface area contributed by atoms with Crippen molar-refractivity contribution in [3.05, 3.63) is 29.1 Å². The third-order valence-corrected chi connectivity index (χ3v) is 6.16. The molecule has 0 unspecified atom stereocenters. The first-order valence-electron chi connectivity index (χ1n) is 5.82. The van der Waals surface area contributed by atoms with Gasteiger partial charge in [0.05, 0.1) is 11.4 Å². The van der Waals surface area contributed by atoms with Crippen molar-refractivity contribution in [2.75, 3.05) is 16.6 Å². The maximum absolute atomic E-state index is 12.1. The summed E-state index contributed by atoms with van der Waals surface area (Å²) < 4.78 is 26.3. The maximum Gasteiger partial charge on any atom is 0.260 e. The first-order valence-corrected chi connectivity index (χ1v) is 8.25. The molecular formula is C12H12N2O3S2. The lowest BCUT2D eigenvalue weighted by Crippen LogP contribution is -2.27. The highest BCUT2D eigenvalue weighted by Crippen LogP contribution is 2.40. The fourth-order valence-electron chi connectivity index (χ4n) is 2.34. The smallest absolute Gasteiger partial charge is 0.260 e. The predicted molar refractivity (Wildman–Crippen MR) is 76.1 cm³/mol. The number of benzene rings is 1. The van der Waals surface area contributed by atoms with Gasteiger partial charge in [0.1, 0.15) is 4.88 Å². The number of hydrogen-bond acceptors (Lipinski definition) is 4. The summed E-state index contributed by atoms with van der Waals surface area (Å²) in [6, 6.07) is 7.36. The molecule has 2 aromatic rings. The average Bonchev–Trinajstić information content (AvgIpc) is 2.88. The van der Waals surface area contributed by atoms with Gasteiger partial charge in [0.25, 0.3) is 5.91 Å². The largest absolute Gasteiger partial charge is 0.365 e. The van der Waals surface area contributed by atoms with E-state index in [1.807, 2.05) is 24.3 Å². The first kappa shape index (κ1) is 12.4. The van der Waals surface area contributed by atoms with E-state index >= 15 is 0 Å². The van der Waals surface area contributed by atoms with Gasteiger partial charge in [0.15, 0.2) is 0 Å². The van der Waals surface area contributed by atoms with Crippen LogP contribution in [0, 0.1) is 0 Å². The van der Waals surface area contributed by atoms with E-state index in [9.17, 15) is 13.2 Å². The zero-order valence-corrected chi connectivity index (χ0v) is 11.6. The van der Waals surface area contributed by atoms with Crippen molar-refractivity contribution in [2.24, 2.45) is 5.73 Å². The van der Waals surface area contributed by atoms with Gasteiger partial charge in [-0.25, -0.2) is 8.42 Å². The van der Waals surface area contributed by atoms with Crippen LogP contribution in [-0.4, -0.2) is 26.6 Å². The number of carbonyl (C=O) groups is 1. The number of fused-ring (bicyclic) bond motifs is 1. The van der Waals surface area contributed by atoms with Crippen LogP contribution in [-0.2, 0) is 10.0 Å². The van der Waals surface area contributed by atoms with Crippen molar-refractivity contribution in [3.63, 3.8) is 0 Å². The molecule has 5 nitrogen and oxygen atoms in total. The molecular weight excluding hydrogens is 284 g/mol. The van der Waals surface area contributed by atoms with Gasteiger partial charge in [0, 0.05) is 16.6 Å². The Kier molecular flexibility index (Phi) is 2.75. The lowest BCUT2D eigenvalue weighted by Gasteiger charge is -2.17. The van der Waals surface area contributed by atoms with Gasteiger partial charge < -0.3 is 5.73 Å². The van der Waals surface area contributed by atoms with Crippen LogP contribution >= 0.6 is 11.3 Å². The van der Waals surface area contributed by atoms with E-state index in [0.29, 0.717) is 23.5 Å². The van der Waals surface area contributed by atoms with Crippen molar-refractivity contribution < 1.29 is 13.2 Å². The van der Waals surface area contributed by atoms with Crippen LogP contribution in [0.25, 0.3) is 10.1 Å². The van der Waals surface area contributed by atoms with E-state index in [0.717, 1.165) is 10.1 Å². The fraction of sp³-hybridized carbons (Fsp3) is 0.250. The van der Waals surface area contributed by atoms with E-state index in [1.54, 1.807) is 0 Å². The summed E-state index contributed by atoms with van der Waals surface area (Å²) in [4.78, 5) is 11.9. The van der Waals surface area contributed by atoms with Crippen LogP contribution in [0.3, 0.4) is 0 Å². The number of amides is 1. The third kappa shape index (κ3) is 1.89. The van der Waals surface area contributed by atoms with Crippen molar-refractivity contribution in [1.29, 1.82) is 0 Å². The SMILES string of the molecule is NC(=O)c1sc2ccccc2c1N1CCCS1(=O)=O. The van der Waals surface area contributed by atoms with E-state index in [4.69, 9.17) is 5.73 Å². The molecule has 1 aromatic carbocycles. The van der Waals surface area contributed by atoms with Crippen molar-refractivity contribution in [1.82, 2.24) is 0 Å². The first-order chi connectivity index (χ1) is 9.00. The number of rotatable bonds is 2. The lowest BCUT2D eigenvalue weighted by molar-refractivity contribution is 0.100. The molecule has 3 rings (SSSR count). The minimum atomic E-state index is -3.33. The number of nitrogens with two attached hydrogens (primary N) is 1. The summed E-state index contributed by atoms with van der Waals surface area (Å²) in [7, 11) is -3.33. The van der Waals surface area contributed by atoms with E-state index in [-0.39, 0.29) is 5.75 Å². The van der Waals surface area contributed by atoms with E-state index in [1.165, 1.54) is 15.6 Å². The Morgan fingerprint density at radius 2 is 2.05 bits per heavy atom. The Balaban J connectivity index is 2.32. The number of thiophene rings is 1. The molecule has 1 aromatic heterocycles. The topological polar surface area (TPSA) is 80.5 Å². The number of carbonyl (C=O) groups excluding carboxylic acids is 1. The van der Waals surface area contributed by atoms with Gasteiger partial charge in [-0.3, -0.25) is 9.10 Å². The van der Waals surface area contributed by atoms with Crippen LogP contribution in [0.5, 0.6) is 0 Å². The Labute approximate surface area is 114 Å². The average molecular weight is 296 g/mol. The molecule has 19 heavy (non-hydrogen) atoms. The Bertz CT molecular complexity index is 764. The number of anilines is 1. The summed E-state index contributed by atoms with van der Waals surface area (Å²) in [5, 5.41) is 0.770. The van der Waals surface area contributed by atoms with E-state index in [2.05, 4.69) is 0 Å². The van der Waals surface area contributed by atoms with Gasteiger partial charge >= 0.3 is 0 Å². The van der Waals surface area contributed by atoms with Crippen LogP contribution in [0.1, 0.15) is 16.1 Å². The van der Waals surface area contributed by atoms with Gasteiger partial charge in [-0.1, -0.05) is 18.2 Å². The van der Waals surface area contributed by atoms with Crippen molar-refractivity contribution in [3.8, 4) is 0 Å². The molecule has 100 valence electrons. The Morgan fingerprint density at radius 3 is 2.68 bits per heavy atom. The molecule has 7 heteroatoms. The van der Waals surface area contributed by atoms with Crippen molar-refractivity contribution >= 4 is 43.0 Å². The molecule has 2 N–H and O–H groups in total. The second-order valence-electron chi connectivity index (χ2n) is 4.38. The molecule has 0 atom stereocenters. The van der Waals surface area contributed by atoms with Gasteiger partial charge in [-0.2, -0.15) is 0 Å². The van der Waals surface area contributed by atoms with E-state index < -0.39 is 15.9 Å². The summed E-state index contributed by atoms with van der Waals surface area (Å²) >= 11 is 1.24. The Hall–Kier alpha value is -1.60. The van der Waals surface area contributed by atoms with Crippen molar-refractivity contribution in [2.45, 2.75) is 6.42 Å². The van der Waals surface area contributed by atoms with Gasteiger partial charge in [-0.15, -0.1) is 11.3 Å². The zero-order chi connectivity index (χ0) is 13.6. The molecule has 1 amide bonds. The predicted octanol–water partition coefficient (Wildman–Crippen LogP) is 1.54. The monoisotopic (exact) mass is 296 g/mol. The molecule has 0 aliphatic carbocycles. The third-order valence-electron chi connectivity index (χ3n) is 3.14. The molecule has 1 fully saturated rings. The van der Waals surface area contributed by atoms with Crippen LogP contribution < -0.4 is 10.0 Å². The molecule has 0 spiro atoms. The zero-order valence-electron chi connectivity index (χ0n) is 10.00. The summed E-state index contributed by atoms with van der Waals surface area (Å²) in [5.74, 6) is -0.464. The second kappa shape index (κ2) is 4.21. The fourth-order valence-corrected chi connectivity index (χ4v) is 5.04. The van der Waals surface area contributed by atoms with Crippen LogP contribution in [0.15, 0.2) is 24.3 Å². The number of sulfonamides is 1. The highest BCUT2D eigenvalue weighted by molar-refractivity contribution is 7.93. The van der Waals surface area contributed by atoms with Crippen LogP contribution in [0.4, 0.5) is 5.69 Å². The summed E-state index contributed by atoms with van der Waals surface area (Å²) in [6.45, 7) is 0.406. The Morgan fingerprint density at radius 1 is 1.32 bits per heavy atom. The molecule has 0 saturated carbocycles. The highest BCUT2D eigenvalue weighted by atomic mass is 32.2. The normalized spacial score (nSPS) is 18.0. The van der Waals surface area contributed by atoms with Gasteiger partial charge in [0.2, 0.25) is 10.0 Å². The molecule has 1 aliphatic rings. The number of primary amides is 1. The molecule has 0 bridgehead atoms. The molecule has 1 saturated heterocycles. The molecule has 1 aliphatic heterocycles. The summed E-state index contributed by atoms with van der Waals surface area (Å²) in [5.41, 5.74) is 5.83. The maximum atomic E-state index is 12.1. The number of nitrogens with zero attached hydrogens (tertiary/aromatic N) is 1. The summed E-state index contributed by atoms with van der Waals surface area (Å²) in [6.07, 6.45) is 0.574. The second-order valence-corrected chi connectivity index (χ2v) is 7.45. The van der Waals surface area contributed by atoms with Gasteiger partial charge in [-0.05, 0) is 12.5 Å². The quantitative estimate of drug-likeness (QED) is 0.912. The lowest BCUT2D eigenvalue weighted by atomic mass is 10.2. The minimum Gasteiger partial charge on any atom is -0.365 e. The molecule has 2 heterocycles. The molecule has 0 radical (unpaired) electrons.